The second kappa shape index (κ2) is 9.98. The molecule has 34 heavy (non-hydrogen) atoms. The van der Waals surface area contributed by atoms with Crippen molar-refractivity contribution in [2.45, 2.75) is 129 Å². The minimum atomic E-state index is -1.34. The topological polar surface area (TPSA) is 77.8 Å². The average molecular weight is 477 g/mol. The van der Waals surface area contributed by atoms with E-state index in [1.165, 1.54) is 19.3 Å². The number of ketones is 1. The molecule has 4 rings (SSSR count). The van der Waals surface area contributed by atoms with Crippen LogP contribution in [0.1, 0.15) is 112 Å². The summed E-state index contributed by atoms with van der Waals surface area (Å²) in [6, 6.07) is 0. The van der Waals surface area contributed by atoms with Crippen LogP contribution in [0.4, 0.5) is 0 Å². The fourth-order valence-corrected chi connectivity index (χ4v) is 8.86. The van der Waals surface area contributed by atoms with Crippen LogP contribution < -0.4 is 0 Å². The Bertz CT molecular complexity index is 748. The highest BCUT2D eigenvalue weighted by molar-refractivity contribution is 5.89. The van der Waals surface area contributed by atoms with Gasteiger partial charge in [0.05, 0.1) is 11.7 Å². The van der Waals surface area contributed by atoms with Crippen LogP contribution in [-0.2, 0) is 4.79 Å². The molecule has 4 nitrogen and oxygen atoms in total. The third kappa shape index (κ3) is 4.24. The zero-order chi connectivity index (χ0) is 25.5. The minimum Gasteiger partial charge on any atom is -0.393 e. The summed E-state index contributed by atoms with van der Waals surface area (Å²) in [6.07, 6.45) is 10.9. The van der Waals surface area contributed by atoms with Gasteiger partial charge in [0.15, 0.2) is 5.78 Å². The molecule has 0 bridgehead atoms. The Morgan fingerprint density at radius 1 is 1.12 bits per heavy atom. The van der Waals surface area contributed by atoms with Crippen molar-refractivity contribution in [2.75, 3.05) is 0 Å². The van der Waals surface area contributed by atoms with Gasteiger partial charge in [-0.25, -0.2) is 0 Å². The third-order valence-electron chi connectivity index (χ3n) is 11.3. The van der Waals surface area contributed by atoms with Crippen molar-refractivity contribution in [1.29, 1.82) is 0 Å². The van der Waals surface area contributed by atoms with E-state index in [1.54, 1.807) is 6.08 Å². The molecule has 3 N–H and O–H groups in total. The van der Waals surface area contributed by atoms with E-state index in [9.17, 15) is 20.1 Å². The molecule has 4 saturated carbocycles. The summed E-state index contributed by atoms with van der Waals surface area (Å²) in [5.41, 5.74) is -2.27. The molecule has 0 saturated heterocycles. The highest BCUT2D eigenvalue weighted by atomic mass is 16.3. The van der Waals surface area contributed by atoms with Crippen molar-refractivity contribution in [3.8, 4) is 0 Å². The molecule has 4 aliphatic carbocycles. The van der Waals surface area contributed by atoms with Crippen LogP contribution in [-0.4, -0.2) is 38.4 Å². The van der Waals surface area contributed by atoms with E-state index in [0.29, 0.717) is 36.5 Å². The Morgan fingerprint density at radius 2 is 1.79 bits per heavy atom. The fourth-order valence-electron chi connectivity index (χ4n) is 8.86. The van der Waals surface area contributed by atoms with E-state index in [1.807, 2.05) is 13.8 Å². The molecule has 0 heterocycles. The van der Waals surface area contributed by atoms with Crippen LogP contribution in [0, 0.1) is 40.4 Å². The molecule has 4 aliphatic rings. The lowest BCUT2D eigenvalue weighted by molar-refractivity contribution is -0.213. The number of hydrogen-bond acceptors (Lipinski definition) is 4. The van der Waals surface area contributed by atoms with Gasteiger partial charge in [0, 0.05) is 18.3 Å². The second-order valence-corrected chi connectivity index (χ2v) is 12.7. The third-order valence-corrected chi connectivity index (χ3v) is 11.3. The lowest BCUT2D eigenvalue weighted by atomic mass is 9.43. The van der Waals surface area contributed by atoms with Crippen LogP contribution >= 0.6 is 0 Å². The van der Waals surface area contributed by atoms with Gasteiger partial charge in [-0.3, -0.25) is 4.79 Å². The first-order valence-corrected chi connectivity index (χ1v) is 14.2. The van der Waals surface area contributed by atoms with Crippen LogP contribution in [0.2, 0.25) is 0 Å². The zero-order valence-electron chi connectivity index (χ0n) is 22.8. The fraction of sp³-hybridized carbons (Fsp3) is 0.900. The monoisotopic (exact) mass is 476 g/mol. The van der Waals surface area contributed by atoms with Gasteiger partial charge in [0.1, 0.15) is 5.60 Å². The molecule has 4 heteroatoms. The van der Waals surface area contributed by atoms with E-state index in [-0.39, 0.29) is 23.5 Å². The molecular formula is C30H52O4. The molecule has 0 spiro atoms. The second-order valence-electron chi connectivity index (χ2n) is 12.7. The lowest BCUT2D eigenvalue weighted by Gasteiger charge is -2.63. The number of aliphatic hydroxyl groups excluding tert-OH is 1. The molecule has 0 radical (unpaired) electrons. The van der Waals surface area contributed by atoms with Gasteiger partial charge in [-0.1, -0.05) is 47.6 Å². The zero-order valence-corrected chi connectivity index (χ0v) is 22.8. The molecular weight excluding hydrogens is 424 g/mol. The smallest absolute Gasteiger partial charge is 0.165 e. The first-order chi connectivity index (χ1) is 15.9. The summed E-state index contributed by atoms with van der Waals surface area (Å²) in [4.78, 5) is 13.3. The van der Waals surface area contributed by atoms with Crippen LogP contribution in [0.5, 0.6) is 0 Å². The van der Waals surface area contributed by atoms with Crippen LogP contribution in [0.15, 0.2) is 12.7 Å². The lowest BCUT2D eigenvalue weighted by Crippen LogP contribution is -2.67. The van der Waals surface area contributed by atoms with Crippen molar-refractivity contribution < 1.29 is 20.1 Å². The number of fused-ring (bicyclic) bond motifs is 5. The number of Topliss-reactive ketones (excluding diaryl/α,β-unsaturated/α-hetero) is 1. The van der Waals surface area contributed by atoms with Crippen molar-refractivity contribution in [2.24, 2.45) is 40.4 Å². The minimum absolute atomic E-state index is 0.0133. The summed E-state index contributed by atoms with van der Waals surface area (Å²) < 4.78 is 0. The number of carbonyl (C=O) groups excluding carboxylic acids is 1. The van der Waals surface area contributed by atoms with Crippen LogP contribution in [0.25, 0.3) is 0 Å². The summed E-state index contributed by atoms with van der Waals surface area (Å²) in [7, 11) is 0. The van der Waals surface area contributed by atoms with Gasteiger partial charge in [0.2, 0.25) is 0 Å². The Hall–Kier alpha value is -0.710. The average Bonchev–Trinajstić information content (AvgIpc) is 3.13. The molecule has 4 fully saturated rings. The summed E-state index contributed by atoms with van der Waals surface area (Å²) in [6.45, 7) is 16.6. The SMILES string of the molecule is C=CC(O)(CCCC1CCC2C3CC(=O)[C@@]4(O)C[C@@H](O)CC[C@]4(C)C3CC[C@]12C)C(C)C.CC. The first-order valence-electron chi connectivity index (χ1n) is 14.2. The Morgan fingerprint density at radius 3 is 2.41 bits per heavy atom. The largest absolute Gasteiger partial charge is 0.393 e. The quantitative estimate of drug-likeness (QED) is 0.407. The highest BCUT2D eigenvalue weighted by Gasteiger charge is 2.67. The molecule has 0 aromatic rings. The molecule has 196 valence electrons. The molecule has 0 aromatic heterocycles. The summed E-state index contributed by atoms with van der Waals surface area (Å²) >= 11 is 0. The number of rotatable bonds is 6. The van der Waals surface area contributed by atoms with E-state index in [0.717, 1.165) is 32.1 Å². The predicted octanol–water partition coefficient (Wildman–Crippen LogP) is 6.07. The Labute approximate surface area is 208 Å². The van der Waals surface area contributed by atoms with Gasteiger partial charge in [-0.15, -0.1) is 6.58 Å². The van der Waals surface area contributed by atoms with Crippen molar-refractivity contribution in [3.05, 3.63) is 12.7 Å². The van der Waals surface area contributed by atoms with Crippen molar-refractivity contribution in [3.63, 3.8) is 0 Å². The van der Waals surface area contributed by atoms with E-state index < -0.39 is 22.7 Å². The number of aliphatic hydroxyl groups is 3. The molecule has 0 aliphatic heterocycles. The van der Waals surface area contributed by atoms with Crippen LogP contribution in [0.3, 0.4) is 0 Å². The van der Waals surface area contributed by atoms with Crippen molar-refractivity contribution in [1.82, 2.24) is 0 Å². The highest BCUT2D eigenvalue weighted by Crippen LogP contribution is 2.68. The first kappa shape index (κ1) is 27.9. The molecule has 0 aromatic carbocycles. The Balaban J connectivity index is 0.00000158. The maximum Gasteiger partial charge on any atom is 0.165 e. The standard InChI is InChI=1S/C28H46O4.C2H6/c1-6-27(31,18(2)3)13-7-8-19-9-10-22-21-16-24(30)28(32)17-20(29)11-15-26(28,5)23(21)12-14-25(19,22)4;1-2/h6,18-23,29,31-32H,1,7-17H2,2-5H3;1-2H3/t19?,20-,21?,22?,23?,25+,26+,27?,28-;/m0./s1. The molecule has 0 amide bonds. The number of hydrogen-bond donors (Lipinski definition) is 3. The summed E-state index contributed by atoms with van der Waals surface area (Å²) in [5, 5.41) is 32.6. The van der Waals surface area contributed by atoms with Gasteiger partial charge >= 0.3 is 0 Å². The van der Waals surface area contributed by atoms with E-state index >= 15 is 0 Å². The Kier molecular flexibility index (Phi) is 8.18. The maximum absolute atomic E-state index is 13.3. The molecule has 9 atom stereocenters. The maximum atomic E-state index is 13.3. The van der Waals surface area contributed by atoms with Gasteiger partial charge in [-0.05, 0) is 92.8 Å². The predicted molar refractivity (Wildman–Crippen MR) is 138 cm³/mol. The van der Waals surface area contributed by atoms with Gasteiger partial charge < -0.3 is 15.3 Å². The normalized spacial score (nSPS) is 45.4. The van der Waals surface area contributed by atoms with Gasteiger partial charge in [-0.2, -0.15) is 0 Å². The number of carbonyl (C=O) groups is 1. The van der Waals surface area contributed by atoms with Gasteiger partial charge in [0.25, 0.3) is 0 Å². The van der Waals surface area contributed by atoms with E-state index in [2.05, 4.69) is 34.3 Å². The van der Waals surface area contributed by atoms with E-state index in [4.69, 9.17) is 0 Å². The molecule has 5 unspecified atom stereocenters. The summed E-state index contributed by atoms with van der Waals surface area (Å²) in [5.74, 6) is 2.09. The van der Waals surface area contributed by atoms with Crippen molar-refractivity contribution >= 4 is 5.78 Å².